The molecule has 0 aromatic carbocycles. The number of ether oxygens (including phenoxy) is 1. The minimum Gasteiger partial charge on any atom is -0.480 e. The number of rotatable bonds is 1. The molecule has 1 aromatic heterocycles. The van der Waals surface area contributed by atoms with Crippen molar-refractivity contribution in [3.8, 4) is 5.88 Å². The van der Waals surface area contributed by atoms with Crippen molar-refractivity contribution in [1.29, 1.82) is 0 Å². The average molecular weight is 183 g/mol. The number of methoxy groups -OCH3 is 1. The van der Waals surface area contributed by atoms with E-state index in [1.54, 1.807) is 0 Å². The van der Waals surface area contributed by atoms with Crippen LogP contribution in [-0.4, -0.2) is 12.0 Å². The maximum Gasteiger partial charge on any atom is 0.232 e. The predicted molar refractivity (Wildman–Crippen MR) is 40.8 cm³/mol. The first-order valence-corrected chi connectivity index (χ1v) is 2.99. The van der Waals surface area contributed by atoms with E-state index in [0.29, 0.717) is 0 Å². The van der Waals surface area contributed by atoms with E-state index in [2.05, 4.69) is 9.72 Å². The van der Waals surface area contributed by atoms with Crippen LogP contribution >= 0.6 is 23.2 Å². The molecule has 0 unspecified atom stereocenters. The Bertz CT molecular complexity index is 394. The first-order valence-electron chi connectivity index (χ1n) is 4.73. The Morgan fingerprint density at radius 3 is 3.30 bits per heavy atom. The van der Waals surface area contributed by atoms with Crippen LogP contribution in [0.5, 0.6) is 5.88 Å². The smallest absolute Gasteiger partial charge is 0.232 e. The van der Waals surface area contributed by atoms with Gasteiger partial charge in [0.05, 0.1) is 18.9 Å². The third-order valence-corrected chi connectivity index (χ3v) is 1.19. The summed E-state index contributed by atoms with van der Waals surface area (Å²) in [4.78, 5) is 3.42. The van der Waals surface area contributed by atoms with Gasteiger partial charge in [-0.15, -0.1) is 0 Å². The van der Waals surface area contributed by atoms with Gasteiger partial charge in [-0.3, -0.25) is 0 Å². The Kier molecular flexibility index (Phi) is 1.01. The lowest BCUT2D eigenvalue weighted by molar-refractivity contribution is 0.398. The molecule has 0 spiro atoms. The molecule has 0 amide bonds. The molecular weight excluding hydrogens is 173 g/mol. The largest absolute Gasteiger partial charge is 0.480 e. The molecule has 0 fully saturated rings. The Morgan fingerprint density at radius 1 is 1.80 bits per heavy atom. The summed E-state index contributed by atoms with van der Waals surface area (Å²) in [5, 5.41) is -0.579. The number of nitrogens with zero attached hydrogens (tertiary/aromatic N) is 1. The molecule has 54 valence electrons. The number of pyridine rings is 1. The molecule has 1 aromatic rings. The fourth-order valence-corrected chi connectivity index (χ4v) is 0.755. The molecule has 1 heterocycles. The lowest BCUT2D eigenvalue weighted by atomic mass is 10.5. The van der Waals surface area contributed by atoms with Crippen molar-refractivity contribution in [1.82, 2.24) is 4.98 Å². The van der Waals surface area contributed by atoms with Gasteiger partial charge < -0.3 is 4.74 Å². The van der Waals surface area contributed by atoms with Crippen LogP contribution in [0.25, 0.3) is 0 Å². The fraction of sp³-hybridized carbons (Fsp3) is 0.167. The minimum absolute atomic E-state index is 0.252. The minimum atomic E-state index is -2.73. The predicted octanol–water partition coefficient (Wildman–Crippen LogP) is 2.40. The van der Waals surface area contributed by atoms with Gasteiger partial charge in [-0.2, -0.15) is 0 Å². The SMILES string of the molecule is [2H]c1nc(OC([2H])([2H])[2H])c(Cl)c([2H])c1Cl. The summed E-state index contributed by atoms with van der Waals surface area (Å²) in [5.41, 5.74) is 0. The molecule has 0 aliphatic carbocycles. The summed E-state index contributed by atoms with van der Waals surface area (Å²) >= 11 is 11.1. The molecule has 0 atom stereocenters. The normalized spacial score (nSPS) is 18.0. The Hall–Kier alpha value is -0.470. The average Bonchev–Trinajstić information content (AvgIpc) is 2.08. The van der Waals surface area contributed by atoms with Crippen molar-refractivity contribution >= 4 is 23.2 Å². The van der Waals surface area contributed by atoms with Crippen LogP contribution in [0.1, 0.15) is 6.85 Å². The number of hydrogen-bond donors (Lipinski definition) is 0. The van der Waals surface area contributed by atoms with Crippen LogP contribution in [0.4, 0.5) is 0 Å². The van der Waals surface area contributed by atoms with E-state index in [0.717, 1.165) is 0 Å². The van der Waals surface area contributed by atoms with Crippen LogP contribution in [0.3, 0.4) is 0 Å². The van der Waals surface area contributed by atoms with Crippen LogP contribution in [0.15, 0.2) is 12.2 Å². The van der Waals surface area contributed by atoms with Gasteiger partial charge >= 0.3 is 0 Å². The van der Waals surface area contributed by atoms with Crippen molar-refractivity contribution in [2.24, 2.45) is 0 Å². The molecule has 10 heavy (non-hydrogen) atoms. The van der Waals surface area contributed by atoms with Crippen LogP contribution in [0.2, 0.25) is 10.0 Å². The number of aromatic nitrogens is 1. The fourth-order valence-electron chi connectivity index (χ4n) is 0.394. The molecule has 0 bridgehead atoms. The highest BCUT2D eigenvalue weighted by atomic mass is 35.5. The molecule has 0 radical (unpaired) electrons. The highest BCUT2D eigenvalue weighted by molar-refractivity contribution is 6.35. The van der Waals surface area contributed by atoms with Gasteiger partial charge in [0.25, 0.3) is 0 Å². The zero-order chi connectivity index (χ0) is 11.8. The van der Waals surface area contributed by atoms with E-state index in [9.17, 15) is 0 Å². The summed E-state index contributed by atoms with van der Waals surface area (Å²) in [6.07, 6.45) is -0.453. The first kappa shape index (κ1) is 3.28. The monoisotopic (exact) mass is 182 g/mol. The summed E-state index contributed by atoms with van der Waals surface area (Å²) in [5.74, 6) is -0.490. The summed E-state index contributed by atoms with van der Waals surface area (Å²) < 4.78 is 39.4. The maximum atomic E-state index is 7.35. The molecule has 0 aliphatic rings. The Balaban J connectivity index is 3.21. The lowest BCUT2D eigenvalue weighted by Gasteiger charge is -1.99. The van der Waals surface area contributed by atoms with Gasteiger partial charge in [0.1, 0.15) is 5.02 Å². The molecule has 0 N–H and O–H groups in total. The van der Waals surface area contributed by atoms with Crippen molar-refractivity contribution in [3.05, 3.63) is 22.3 Å². The van der Waals surface area contributed by atoms with Gasteiger partial charge in [-0.25, -0.2) is 4.98 Å². The third-order valence-electron chi connectivity index (χ3n) is 0.760. The molecule has 1 rings (SSSR count). The second-order valence-corrected chi connectivity index (χ2v) is 2.14. The number of hydrogen-bond acceptors (Lipinski definition) is 2. The van der Waals surface area contributed by atoms with Crippen molar-refractivity contribution in [2.75, 3.05) is 7.04 Å². The third kappa shape index (κ3) is 1.52. The highest BCUT2D eigenvalue weighted by Gasteiger charge is 2.00. The van der Waals surface area contributed by atoms with Gasteiger partial charge in [0.15, 0.2) is 0 Å². The molecular formula is C6H5Cl2NO. The summed E-state index contributed by atoms with van der Waals surface area (Å²) in [7, 11) is -2.73. The molecule has 2 nitrogen and oxygen atoms in total. The van der Waals surface area contributed by atoms with E-state index >= 15 is 0 Å². The zero-order valence-corrected chi connectivity index (χ0v) is 6.12. The Morgan fingerprint density at radius 2 is 2.60 bits per heavy atom. The maximum absolute atomic E-state index is 7.35. The zero-order valence-electron chi connectivity index (χ0n) is 9.61. The summed E-state index contributed by atoms with van der Waals surface area (Å²) in [6.45, 7) is 0. The van der Waals surface area contributed by atoms with Crippen molar-refractivity contribution in [2.45, 2.75) is 0 Å². The second kappa shape index (κ2) is 3.08. The van der Waals surface area contributed by atoms with E-state index in [1.807, 2.05) is 0 Å². The van der Waals surface area contributed by atoms with E-state index in [1.165, 1.54) is 0 Å². The topological polar surface area (TPSA) is 22.1 Å². The van der Waals surface area contributed by atoms with Crippen LogP contribution < -0.4 is 4.74 Å². The quantitative estimate of drug-likeness (QED) is 0.666. The highest BCUT2D eigenvalue weighted by Crippen LogP contribution is 2.23. The molecule has 0 aliphatic heterocycles. The molecule has 0 saturated heterocycles. The van der Waals surface area contributed by atoms with Crippen molar-refractivity contribution in [3.63, 3.8) is 0 Å². The van der Waals surface area contributed by atoms with Gasteiger partial charge in [0, 0.05) is 6.17 Å². The lowest BCUT2D eigenvalue weighted by Crippen LogP contribution is -1.86. The van der Waals surface area contributed by atoms with E-state index in [4.69, 9.17) is 30.1 Å². The summed E-state index contributed by atoms with van der Waals surface area (Å²) in [6, 6.07) is -0.377. The van der Waals surface area contributed by atoms with Gasteiger partial charge in [-0.05, 0) is 6.04 Å². The number of halogens is 2. The van der Waals surface area contributed by atoms with Crippen LogP contribution in [0, 0.1) is 0 Å². The van der Waals surface area contributed by atoms with Gasteiger partial charge in [0.2, 0.25) is 5.88 Å². The molecule has 0 saturated carbocycles. The van der Waals surface area contributed by atoms with Gasteiger partial charge in [-0.1, -0.05) is 23.2 Å². The Labute approximate surface area is 75.8 Å². The molecule has 4 heteroatoms. The standard InChI is InChI=1S/C6H5Cl2NO/c1-10-6-5(8)2-4(7)3-9-6/h2-3H,1H3/i1D3,2D,3D. The second-order valence-electron chi connectivity index (χ2n) is 1.38. The van der Waals surface area contributed by atoms with Crippen LogP contribution in [-0.2, 0) is 0 Å². The van der Waals surface area contributed by atoms with E-state index < -0.39 is 19.1 Å². The van der Waals surface area contributed by atoms with Crippen molar-refractivity contribution < 1.29 is 11.6 Å². The van der Waals surface area contributed by atoms with E-state index in [-0.39, 0.29) is 16.1 Å². The first-order chi connectivity index (χ1) is 6.72.